The van der Waals surface area contributed by atoms with Crippen LogP contribution in [0, 0.1) is 5.82 Å². The maximum atomic E-state index is 13.3. The summed E-state index contributed by atoms with van der Waals surface area (Å²) in [4.78, 5) is 25.1. The number of anilines is 2. The number of carbonyl (C=O) groups excluding carboxylic acids is 2. The maximum absolute atomic E-state index is 13.3. The fourth-order valence-electron chi connectivity index (χ4n) is 2.95. The highest BCUT2D eigenvalue weighted by Gasteiger charge is 2.16. The highest BCUT2D eigenvalue weighted by atomic mass is 35.5. The lowest BCUT2D eigenvalue weighted by atomic mass is 10.0. The summed E-state index contributed by atoms with van der Waals surface area (Å²) in [6, 6.07) is 18.0. The number of halogens is 2. The first-order valence-corrected chi connectivity index (χ1v) is 10.5. The van der Waals surface area contributed by atoms with E-state index in [4.69, 9.17) is 16.3 Å². The van der Waals surface area contributed by atoms with Gasteiger partial charge in [0.25, 0.3) is 11.8 Å². The fraction of sp³-hybridized carbons (Fsp3) is 0.200. The summed E-state index contributed by atoms with van der Waals surface area (Å²) in [7, 11) is 0. The molecule has 0 aliphatic heterocycles. The van der Waals surface area contributed by atoms with Crippen LogP contribution in [-0.2, 0) is 4.79 Å². The molecule has 0 heterocycles. The zero-order valence-electron chi connectivity index (χ0n) is 18.0. The van der Waals surface area contributed by atoms with Crippen molar-refractivity contribution in [1.29, 1.82) is 0 Å². The molecule has 0 fully saturated rings. The molecule has 0 saturated heterocycles. The summed E-state index contributed by atoms with van der Waals surface area (Å²) in [6.45, 7) is 5.87. The Morgan fingerprint density at radius 2 is 1.59 bits per heavy atom. The summed E-state index contributed by atoms with van der Waals surface area (Å²) in [5, 5.41) is 5.31. The van der Waals surface area contributed by atoms with E-state index in [-0.39, 0.29) is 10.9 Å². The van der Waals surface area contributed by atoms with Crippen LogP contribution in [0.4, 0.5) is 15.8 Å². The maximum Gasteiger partial charge on any atom is 0.265 e. The zero-order valence-corrected chi connectivity index (χ0v) is 18.7. The molecule has 166 valence electrons. The first-order valence-electron chi connectivity index (χ1n) is 10.2. The van der Waals surface area contributed by atoms with Crippen LogP contribution in [-0.4, -0.2) is 17.9 Å². The van der Waals surface area contributed by atoms with Crippen molar-refractivity contribution in [2.75, 3.05) is 10.6 Å². The second-order valence-electron chi connectivity index (χ2n) is 7.64. The van der Waals surface area contributed by atoms with Crippen molar-refractivity contribution in [3.8, 4) is 5.75 Å². The number of carbonyl (C=O) groups is 2. The summed E-state index contributed by atoms with van der Waals surface area (Å²) >= 11 is 5.75. The zero-order chi connectivity index (χ0) is 23.3. The molecule has 1 atom stereocenters. The highest BCUT2D eigenvalue weighted by molar-refractivity contribution is 6.31. The standard InChI is InChI=1S/C25H24ClFN2O3/c1-15(2)17-7-10-21(11-8-17)32-16(3)24(30)28-19-6-4-5-18(13-19)25(31)29-20-9-12-23(27)22(26)14-20/h4-16H,1-3H3,(H,28,30)(H,29,31). The normalized spacial score (nSPS) is 11.7. The molecule has 3 rings (SSSR count). The molecule has 0 aliphatic carbocycles. The molecule has 0 radical (unpaired) electrons. The third kappa shape index (κ3) is 6.08. The molecule has 5 nitrogen and oxygen atoms in total. The van der Waals surface area contributed by atoms with Crippen molar-refractivity contribution in [3.63, 3.8) is 0 Å². The Morgan fingerprint density at radius 3 is 2.25 bits per heavy atom. The summed E-state index contributed by atoms with van der Waals surface area (Å²) in [6.07, 6.45) is -0.737. The van der Waals surface area contributed by atoms with Crippen molar-refractivity contribution in [2.24, 2.45) is 0 Å². The second kappa shape index (κ2) is 10.3. The second-order valence-corrected chi connectivity index (χ2v) is 8.04. The molecule has 0 spiro atoms. The minimum Gasteiger partial charge on any atom is -0.481 e. The van der Waals surface area contributed by atoms with Crippen molar-refractivity contribution in [3.05, 3.63) is 88.7 Å². The van der Waals surface area contributed by atoms with E-state index in [1.807, 2.05) is 24.3 Å². The van der Waals surface area contributed by atoms with Crippen LogP contribution in [0.5, 0.6) is 5.75 Å². The predicted octanol–water partition coefficient (Wildman–Crippen LogP) is 6.26. The molecule has 0 aromatic heterocycles. The van der Waals surface area contributed by atoms with Crippen LogP contribution >= 0.6 is 11.6 Å². The van der Waals surface area contributed by atoms with Gasteiger partial charge in [-0.05, 0) is 66.9 Å². The Morgan fingerprint density at radius 1 is 0.906 bits per heavy atom. The average Bonchev–Trinajstić information content (AvgIpc) is 2.76. The molecule has 3 aromatic carbocycles. The van der Waals surface area contributed by atoms with Gasteiger partial charge in [0.1, 0.15) is 11.6 Å². The molecule has 0 aliphatic rings. The van der Waals surface area contributed by atoms with Crippen LogP contribution in [0.1, 0.15) is 42.6 Å². The first kappa shape index (κ1) is 23.3. The average molecular weight is 455 g/mol. The first-order chi connectivity index (χ1) is 15.2. The third-order valence-corrected chi connectivity index (χ3v) is 5.09. The quantitative estimate of drug-likeness (QED) is 0.442. The molecule has 2 N–H and O–H groups in total. The Balaban J connectivity index is 1.62. The van der Waals surface area contributed by atoms with E-state index >= 15 is 0 Å². The summed E-state index contributed by atoms with van der Waals surface area (Å²) in [5.74, 6) is -0.321. The Hall–Kier alpha value is -3.38. The highest BCUT2D eigenvalue weighted by Crippen LogP contribution is 2.22. The van der Waals surface area contributed by atoms with Crippen molar-refractivity contribution in [2.45, 2.75) is 32.8 Å². The molecule has 2 amide bonds. The Labute approximate surface area is 191 Å². The number of benzene rings is 3. The molecule has 0 bridgehead atoms. The largest absolute Gasteiger partial charge is 0.481 e. The molecule has 0 saturated carbocycles. The van der Waals surface area contributed by atoms with Gasteiger partial charge >= 0.3 is 0 Å². The van der Waals surface area contributed by atoms with Crippen LogP contribution in [0.3, 0.4) is 0 Å². The lowest BCUT2D eigenvalue weighted by molar-refractivity contribution is -0.122. The van der Waals surface area contributed by atoms with E-state index in [2.05, 4.69) is 24.5 Å². The summed E-state index contributed by atoms with van der Waals surface area (Å²) in [5.41, 5.74) is 2.32. The monoisotopic (exact) mass is 454 g/mol. The molecular formula is C25H24ClFN2O3. The van der Waals surface area contributed by atoms with E-state index in [0.29, 0.717) is 28.6 Å². The number of hydrogen-bond acceptors (Lipinski definition) is 3. The van der Waals surface area contributed by atoms with Gasteiger partial charge in [-0.1, -0.05) is 43.6 Å². The smallest absolute Gasteiger partial charge is 0.265 e. The number of amides is 2. The third-order valence-electron chi connectivity index (χ3n) is 4.80. The number of nitrogens with one attached hydrogen (secondary N) is 2. The van der Waals surface area contributed by atoms with Crippen LogP contribution in [0.15, 0.2) is 66.7 Å². The van der Waals surface area contributed by atoms with Gasteiger partial charge in [0, 0.05) is 16.9 Å². The van der Waals surface area contributed by atoms with E-state index in [1.165, 1.54) is 23.8 Å². The number of ether oxygens (including phenoxy) is 1. The SMILES string of the molecule is CC(Oc1ccc(C(C)C)cc1)C(=O)Nc1cccc(C(=O)Nc2ccc(F)c(Cl)c2)c1. The number of rotatable bonds is 7. The van der Waals surface area contributed by atoms with E-state index in [1.54, 1.807) is 31.2 Å². The van der Waals surface area contributed by atoms with Crippen LogP contribution in [0.2, 0.25) is 5.02 Å². The van der Waals surface area contributed by atoms with Gasteiger partial charge in [0.15, 0.2) is 6.10 Å². The van der Waals surface area contributed by atoms with Crippen molar-refractivity contribution < 1.29 is 18.7 Å². The lowest BCUT2D eigenvalue weighted by Gasteiger charge is -2.16. The summed E-state index contributed by atoms with van der Waals surface area (Å²) < 4.78 is 19.0. The molecule has 32 heavy (non-hydrogen) atoms. The Bertz CT molecular complexity index is 1120. The van der Waals surface area contributed by atoms with Gasteiger partial charge in [-0.3, -0.25) is 9.59 Å². The molecular weight excluding hydrogens is 431 g/mol. The van der Waals surface area contributed by atoms with Crippen LogP contribution < -0.4 is 15.4 Å². The van der Waals surface area contributed by atoms with Gasteiger partial charge < -0.3 is 15.4 Å². The van der Waals surface area contributed by atoms with Gasteiger partial charge in [0.2, 0.25) is 0 Å². The minimum atomic E-state index is -0.737. The van der Waals surface area contributed by atoms with E-state index < -0.39 is 17.8 Å². The van der Waals surface area contributed by atoms with Crippen LogP contribution in [0.25, 0.3) is 0 Å². The number of hydrogen-bond donors (Lipinski definition) is 2. The topological polar surface area (TPSA) is 67.4 Å². The molecule has 1 unspecified atom stereocenters. The van der Waals surface area contributed by atoms with E-state index in [9.17, 15) is 14.0 Å². The van der Waals surface area contributed by atoms with Crippen molar-refractivity contribution >= 4 is 34.8 Å². The minimum absolute atomic E-state index is 0.0864. The van der Waals surface area contributed by atoms with Gasteiger partial charge in [-0.15, -0.1) is 0 Å². The van der Waals surface area contributed by atoms with Gasteiger partial charge in [-0.2, -0.15) is 0 Å². The lowest BCUT2D eigenvalue weighted by Crippen LogP contribution is -2.30. The Kier molecular flexibility index (Phi) is 7.49. The van der Waals surface area contributed by atoms with E-state index in [0.717, 1.165) is 0 Å². The van der Waals surface area contributed by atoms with Gasteiger partial charge in [0.05, 0.1) is 5.02 Å². The molecule has 3 aromatic rings. The predicted molar refractivity (Wildman–Crippen MR) is 125 cm³/mol. The fourth-order valence-corrected chi connectivity index (χ4v) is 3.13. The molecule has 7 heteroatoms. The van der Waals surface area contributed by atoms with Crippen molar-refractivity contribution in [1.82, 2.24) is 0 Å². The van der Waals surface area contributed by atoms with Gasteiger partial charge in [-0.25, -0.2) is 4.39 Å².